The van der Waals surface area contributed by atoms with Crippen molar-refractivity contribution < 1.29 is 132 Å². The lowest BCUT2D eigenvalue weighted by Crippen LogP contribution is -2.73. The lowest BCUT2D eigenvalue weighted by molar-refractivity contribution is -0.448. The van der Waals surface area contributed by atoms with Gasteiger partial charge in [-0.05, 0) is 20.8 Å². The molecule has 0 saturated heterocycles. The fourth-order valence-corrected chi connectivity index (χ4v) is 4.41. The third-order valence-electron chi connectivity index (χ3n) is 6.21. The monoisotopic (exact) mass is 919 g/mol. The molecule has 0 aromatic rings. The highest BCUT2D eigenvalue weighted by molar-refractivity contribution is 7.62. The molecule has 9 nitrogen and oxygen atoms in total. The minimum Gasteiger partial charge on any atom is -0.211 e. The molecule has 1 heterocycles. The van der Waals surface area contributed by atoms with Crippen molar-refractivity contribution in [2.45, 2.75) is 83.4 Å². The minimum atomic E-state index is -9.26. The Kier molecular flexibility index (Phi) is 11.7. The zero-order valence-corrected chi connectivity index (χ0v) is 24.7. The maximum atomic E-state index is 14.8. The first kappa shape index (κ1) is 50.1. The molecule has 0 spiro atoms. The van der Waals surface area contributed by atoms with Crippen LogP contribution >= 0.6 is 7.51 Å². The van der Waals surface area contributed by atoms with Crippen molar-refractivity contribution in [3.8, 4) is 0 Å². The van der Waals surface area contributed by atoms with E-state index in [1.165, 1.54) is 19.3 Å². The first-order chi connectivity index (χ1) is 24.0. The molecule has 40 heteroatoms. The predicted molar refractivity (Wildman–Crippen MR) is 114 cm³/mol. The van der Waals surface area contributed by atoms with Crippen LogP contribution in [0.25, 0.3) is 20.9 Å². The van der Waals surface area contributed by atoms with Crippen LogP contribution in [-0.4, -0.2) is 95.1 Å². The van der Waals surface area contributed by atoms with E-state index in [9.17, 15) is 132 Å². The molecule has 324 valence electrons. The summed E-state index contributed by atoms with van der Waals surface area (Å²) in [6.45, 7) is 0. The number of hydrogen-bond donors (Lipinski definition) is 0. The summed E-state index contributed by atoms with van der Waals surface area (Å²) in [6, 6.07) is 0. The topological polar surface area (TPSA) is 135 Å². The first-order valence-corrected chi connectivity index (χ1v) is 13.3. The highest BCUT2D eigenvalue weighted by atomic mass is 31.2. The molecular weight excluding hydrogens is 919 g/mol. The Balaban J connectivity index is 4.40. The van der Waals surface area contributed by atoms with Gasteiger partial charge in [0.05, 0.1) is 0 Å². The van der Waals surface area contributed by atoms with E-state index in [-0.39, 0.29) is 0 Å². The Morgan fingerprint density at radius 1 is 0.357 bits per heavy atom. The van der Waals surface area contributed by atoms with Crippen molar-refractivity contribution >= 4 is 19.2 Å². The van der Waals surface area contributed by atoms with Gasteiger partial charge in [0, 0.05) is 9.82 Å². The second kappa shape index (κ2) is 13.1. The normalized spacial score (nSPS) is 19.7. The lowest BCUT2D eigenvalue weighted by Gasteiger charge is -2.42. The molecule has 0 aromatic carbocycles. The molecule has 0 aliphatic carbocycles. The third kappa shape index (κ3) is 6.33. The molecule has 0 N–H and O–H groups in total. The molecule has 1 aliphatic rings. The van der Waals surface area contributed by atoms with Crippen LogP contribution in [0.5, 0.6) is 0 Å². The van der Waals surface area contributed by atoms with E-state index in [0.717, 1.165) is 4.99 Å². The summed E-state index contributed by atoms with van der Waals surface area (Å²) in [5.74, 6) is -117. The minimum absolute atomic E-state index is 0.822. The molecule has 56 heavy (non-hydrogen) atoms. The Labute approximate surface area is 280 Å². The Morgan fingerprint density at radius 2 is 0.589 bits per heavy atom. The Morgan fingerprint density at radius 3 is 0.839 bits per heavy atom. The van der Waals surface area contributed by atoms with Gasteiger partial charge in [-0.15, -0.1) is 0 Å². The maximum Gasteiger partial charge on any atom is 0.460 e. The summed E-state index contributed by atoms with van der Waals surface area (Å²) < 4.78 is 411. The van der Waals surface area contributed by atoms with E-state index in [2.05, 4.69) is 0 Å². The summed E-state index contributed by atoms with van der Waals surface area (Å²) >= 11 is 0. The number of rotatable bonds is 14. The van der Waals surface area contributed by atoms with Crippen LogP contribution in [0.3, 0.4) is 0 Å². The summed E-state index contributed by atoms with van der Waals surface area (Å²) in [5, 5.41) is 0. The Bertz CT molecular complexity index is 1660. The van der Waals surface area contributed by atoms with Gasteiger partial charge in [0.15, 0.2) is 0 Å². The number of azide groups is 1. The fourth-order valence-electron chi connectivity index (χ4n) is 3.11. The maximum absolute atomic E-state index is 14.8. The number of halogens is 30. The van der Waals surface area contributed by atoms with Crippen LogP contribution in [0.2, 0.25) is 0 Å². The van der Waals surface area contributed by atoms with Crippen LogP contribution in [0.4, 0.5) is 132 Å². The standard InChI is InChI=1S/C16F30N9P/c17-3(18,5(21,22)7(25,26)9(29,30)11(33,34)13(37,38)15(41,42)43)1-49-2(51-56(50-1,54-52-47)55-53-48)4(19,20)6(23,24)8(27,28)10(31,32)12(35,36)14(39,40)16(44,45)46. The molecule has 0 fully saturated rings. The van der Waals surface area contributed by atoms with Gasteiger partial charge in [-0.25, -0.2) is 14.5 Å². The number of amidine groups is 2. The largest absolute Gasteiger partial charge is 0.460 e. The van der Waals surface area contributed by atoms with Crippen LogP contribution < -0.4 is 0 Å². The third-order valence-corrected chi connectivity index (χ3v) is 7.76. The zero-order chi connectivity index (χ0) is 45.6. The van der Waals surface area contributed by atoms with E-state index in [4.69, 9.17) is 11.1 Å². The number of aliphatic imine (C=N–C) groups is 1. The highest BCUT2D eigenvalue weighted by Crippen LogP contribution is 2.66. The van der Waals surface area contributed by atoms with Gasteiger partial charge >= 0.3 is 83.4 Å². The van der Waals surface area contributed by atoms with Crippen molar-refractivity contribution in [3.05, 3.63) is 20.9 Å². The number of nitrogens with zero attached hydrogens (tertiary/aromatic N) is 9. The van der Waals surface area contributed by atoms with Crippen molar-refractivity contribution in [2.75, 3.05) is 0 Å². The molecular formula is C16F30N9P. The lowest BCUT2D eigenvalue weighted by atomic mass is 9.90. The molecule has 0 unspecified atom stereocenters. The van der Waals surface area contributed by atoms with Gasteiger partial charge in [0.2, 0.25) is 11.7 Å². The van der Waals surface area contributed by atoms with E-state index < -0.39 is 103 Å². The van der Waals surface area contributed by atoms with Crippen molar-refractivity contribution in [3.63, 3.8) is 0 Å². The second-order valence-corrected chi connectivity index (χ2v) is 11.6. The Hall–Kier alpha value is -3.91. The van der Waals surface area contributed by atoms with E-state index in [1.807, 2.05) is 0 Å². The van der Waals surface area contributed by atoms with E-state index in [1.54, 1.807) is 9.77 Å². The quantitative estimate of drug-likeness (QED) is 0.0539. The summed E-state index contributed by atoms with van der Waals surface area (Å²) in [4.78, 5) is 6.54. The predicted octanol–water partition coefficient (Wildman–Crippen LogP) is 12.1. The van der Waals surface area contributed by atoms with Gasteiger partial charge in [0.1, 0.15) is 0 Å². The molecule has 0 aromatic heterocycles. The molecule has 1 aliphatic heterocycles. The van der Waals surface area contributed by atoms with Gasteiger partial charge in [-0.1, -0.05) is 0 Å². The molecule has 0 amide bonds. The molecule has 0 radical (unpaired) electrons. The average Bonchev–Trinajstić information content (AvgIpc) is 2.98. The van der Waals surface area contributed by atoms with Crippen LogP contribution in [-0.2, 0) is 0 Å². The number of hydrogen-bond acceptors (Lipinski definition) is 5. The number of alkyl halides is 30. The average molecular weight is 919 g/mol. The van der Waals surface area contributed by atoms with Gasteiger partial charge in [-0.2, -0.15) is 132 Å². The zero-order valence-electron chi connectivity index (χ0n) is 23.8. The fraction of sp³-hybridized carbons (Fsp3) is 0.875. The summed E-state index contributed by atoms with van der Waals surface area (Å²) in [6.07, 6.45) is -16.4. The van der Waals surface area contributed by atoms with E-state index >= 15 is 0 Å². The first-order valence-electron chi connectivity index (χ1n) is 11.7. The van der Waals surface area contributed by atoms with Crippen molar-refractivity contribution in [1.29, 1.82) is 0 Å². The molecule has 0 bridgehead atoms. The smallest absolute Gasteiger partial charge is 0.211 e. The summed E-state index contributed by atoms with van der Waals surface area (Å²) in [7, 11) is -7.01. The molecule has 0 atom stereocenters. The van der Waals surface area contributed by atoms with Gasteiger partial charge in [-0.3, -0.25) is 0 Å². The second-order valence-electron chi connectivity index (χ2n) is 9.74. The van der Waals surface area contributed by atoms with E-state index in [0.29, 0.717) is 0 Å². The van der Waals surface area contributed by atoms with Crippen molar-refractivity contribution in [2.24, 2.45) is 24.3 Å². The van der Waals surface area contributed by atoms with Gasteiger partial charge in [0.25, 0.3) is 7.51 Å². The molecule has 0 saturated carbocycles. The van der Waals surface area contributed by atoms with Crippen LogP contribution in [0.1, 0.15) is 0 Å². The highest BCUT2D eigenvalue weighted by Gasteiger charge is 2.95. The van der Waals surface area contributed by atoms with Crippen molar-refractivity contribution in [1.82, 2.24) is 0 Å². The SMILES string of the molecule is [N-]=[N+]=NP1(N=[N+]=[N-])=NC(C(F)(F)C(F)(F)C(F)(F)C(F)(F)C(F)(F)C(F)(F)C(F)(F)F)=NC(C(F)(F)C(F)(F)C(F)(F)C(F)(F)C(F)(F)C(F)(F)C(F)(F)F)=N1. The van der Waals surface area contributed by atoms with Gasteiger partial charge < -0.3 is 0 Å². The molecule has 1 rings (SSSR count). The van der Waals surface area contributed by atoms with Crippen LogP contribution in [0.15, 0.2) is 24.3 Å². The summed E-state index contributed by atoms with van der Waals surface area (Å²) in [5.41, 5.74) is 16.7. The van der Waals surface area contributed by atoms with Crippen LogP contribution in [0, 0.1) is 0 Å².